The molecule has 0 aliphatic carbocycles. The Kier molecular flexibility index (Phi) is 5.05. The fraction of sp³-hybridized carbons (Fsp3) is 0.769. The number of nitrogens with zero attached hydrogens (tertiary/aromatic N) is 3. The lowest BCUT2D eigenvalue weighted by molar-refractivity contribution is -0.144. The molecule has 1 rings (SSSR count). The highest BCUT2D eigenvalue weighted by molar-refractivity contribution is 5.75. The zero-order valence-corrected chi connectivity index (χ0v) is 12.6. The molecule has 19 heavy (non-hydrogen) atoms. The lowest BCUT2D eigenvalue weighted by atomic mass is 10.0. The van der Waals surface area contributed by atoms with E-state index < -0.39 is 0 Å². The summed E-state index contributed by atoms with van der Waals surface area (Å²) in [7, 11) is 1.40. The van der Waals surface area contributed by atoms with Crippen LogP contribution in [0.4, 0.5) is 0 Å². The van der Waals surface area contributed by atoms with Crippen molar-refractivity contribution in [2.24, 2.45) is 5.92 Å². The van der Waals surface area contributed by atoms with Gasteiger partial charge in [0.2, 0.25) is 0 Å². The van der Waals surface area contributed by atoms with Crippen LogP contribution in [0.2, 0.25) is 0 Å². The molecule has 1 aromatic rings. The number of carbonyl (C=O) groups is 1. The molecule has 0 aromatic carbocycles. The maximum absolute atomic E-state index is 11.6. The molecule has 0 saturated heterocycles. The average Bonchev–Trinajstić information content (AvgIpc) is 2.76. The summed E-state index contributed by atoms with van der Waals surface area (Å²) in [6.45, 7) is 10.6. The number of aromatic nitrogens is 3. The minimum absolute atomic E-state index is 0.0922. The van der Waals surface area contributed by atoms with Crippen molar-refractivity contribution in [1.29, 1.82) is 0 Å². The molecule has 0 spiro atoms. The topological polar surface area (TPSA) is 69.0 Å². The molecule has 1 N–H and O–H groups in total. The molecule has 0 aliphatic heterocycles. The van der Waals surface area contributed by atoms with Gasteiger partial charge in [0.25, 0.3) is 0 Å². The molecule has 1 aromatic heterocycles. The summed E-state index contributed by atoms with van der Waals surface area (Å²) in [5.41, 5.74) is 0.717. The monoisotopic (exact) mass is 268 g/mol. The summed E-state index contributed by atoms with van der Waals surface area (Å²) >= 11 is 0. The number of ether oxygens (including phenoxy) is 1. The van der Waals surface area contributed by atoms with Crippen molar-refractivity contribution in [2.45, 2.75) is 52.7 Å². The first-order valence-corrected chi connectivity index (χ1v) is 6.48. The van der Waals surface area contributed by atoms with Crippen molar-refractivity contribution in [3.8, 4) is 0 Å². The van der Waals surface area contributed by atoms with Crippen molar-refractivity contribution in [2.75, 3.05) is 7.11 Å². The maximum Gasteiger partial charge on any atom is 0.323 e. The molecule has 1 heterocycles. The van der Waals surface area contributed by atoms with Crippen LogP contribution >= 0.6 is 0 Å². The third-order valence-electron chi connectivity index (χ3n) is 2.85. The van der Waals surface area contributed by atoms with Crippen LogP contribution < -0.4 is 5.32 Å². The first kappa shape index (κ1) is 15.6. The van der Waals surface area contributed by atoms with E-state index in [-0.39, 0.29) is 23.5 Å². The summed E-state index contributed by atoms with van der Waals surface area (Å²) in [5.74, 6) is -0.0941. The third-order valence-corrected chi connectivity index (χ3v) is 2.85. The van der Waals surface area contributed by atoms with Crippen molar-refractivity contribution < 1.29 is 9.53 Å². The van der Waals surface area contributed by atoms with Gasteiger partial charge in [0.15, 0.2) is 0 Å². The SMILES string of the molecule is COC(=O)[C@@H](NCc1cn(C(C)(C)C)nn1)C(C)C. The minimum atomic E-state index is -0.329. The van der Waals surface area contributed by atoms with Crippen molar-refractivity contribution in [1.82, 2.24) is 20.3 Å². The molecular formula is C13H24N4O2. The van der Waals surface area contributed by atoms with Crippen molar-refractivity contribution >= 4 is 5.97 Å². The second kappa shape index (κ2) is 6.14. The van der Waals surface area contributed by atoms with Crippen molar-refractivity contribution in [3.05, 3.63) is 11.9 Å². The molecule has 0 saturated carbocycles. The molecule has 6 heteroatoms. The Morgan fingerprint density at radius 3 is 2.53 bits per heavy atom. The highest BCUT2D eigenvalue weighted by atomic mass is 16.5. The summed E-state index contributed by atoms with van der Waals surface area (Å²) in [6, 6.07) is -0.329. The van der Waals surface area contributed by atoms with E-state index in [4.69, 9.17) is 4.74 Å². The lowest BCUT2D eigenvalue weighted by Crippen LogP contribution is -2.41. The van der Waals surface area contributed by atoms with Crippen LogP contribution in [-0.2, 0) is 21.6 Å². The van der Waals surface area contributed by atoms with Gasteiger partial charge in [-0.25, -0.2) is 4.68 Å². The van der Waals surface area contributed by atoms with Gasteiger partial charge in [0.1, 0.15) is 6.04 Å². The number of nitrogens with one attached hydrogen (secondary N) is 1. The Bertz CT molecular complexity index is 421. The molecule has 0 amide bonds. The number of rotatable bonds is 5. The largest absolute Gasteiger partial charge is 0.468 e. The average molecular weight is 268 g/mol. The maximum atomic E-state index is 11.6. The first-order chi connectivity index (χ1) is 8.75. The fourth-order valence-electron chi connectivity index (χ4n) is 1.64. The van der Waals surface area contributed by atoms with Crippen LogP contribution in [0.5, 0.6) is 0 Å². The number of esters is 1. The van der Waals surface area contributed by atoms with Gasteiger partial charge >= 0.3 is 5.97 Å². The second-order valence-corrected chi connectivity index (χ2v) is 5.95. The fourth-order valence-corrected chi connectivity index (χ4v) is 1.64. The van der Waals surface area contributed by atoms with Crippen molar-refractivity contribution in [3.63, 3.8) is 0 Å². The van der Waals surface area contributed by atoms with E-state index in [1.165, 1.54) is 7.11 Å². The summed E-state index contributed by atoms with van der Waals surface area (Å²) < 4.78 is 6.59. The number of hydrogen-bond donors (Lipinski definition) is 1. The van der Waals surface area contributed by atoms with E-state index in [1.54, 1.807) is 0 Å². The van der Waals surface area contributed by atoms with Crippen LogP contribution in [0.15, 0.2) is 6.20 Å². The Hall–Kier alpha value is -1.43. The summed E-state index contributed by atoms with van der Waals surface area (Å²) in [4.78, 5) is 11.6. The molecule has 0 bridgehead atoms. The number of methoxy groups -OCH3 is 1. The van der Waals surface area contributed by atoms with Gasteiger partial charge in [-0.3, -0.25) is 10.1 Å². The van der Waals surface area contributed by atoms with E-state index in [0.29, 0.717) is 6.54 Å². The molecule has 6 nitrogen and oxygen atoms in total. The van der Waals surface area contributed by atoms with E-state index in [1.807, 2.05) is 24.7 Å². The predicted molar refractivity (Wildman–Crippen MR) is 72.5 cm³/mol. The second-order valence-electron chi connectivity index (χ2n) is 5.95. The quantitative estimate of drug-likeness (QED) is 0.816. The van der Waals surface area contributed by atoms with Crippen LogP contribution in [0, 0.1) is 5.92 Å². The van der Waals surface area contributed by atoms with Crippen LogP contribution in [0.25, 0.3) is 0 Å². The van der Waals surface area contributed by atoms with Gasteiger partial charge in [-0.2, -0.15) is 0 Å². The van der Waals surface area contributed by atoms with Gasteiger partial charge in [-0.1, -0.05) is 19.1 Å². The van der Waals surface area contributed by atoms with Gasteiger partial charge in [0, 0.05) is 6.54 Å². The molecule has 108 valence electrons. The lowest BCUT2D eigenvalue weighted by Gasteiger charge is -2.19. The standard InChI is InChI=1S/C13H24N4O2/c1-9(2)11(12(18)19-6)14-7-10-8-17(16-15-10)13(3,4)5/h8-9,11,14H,7H2,1-6H3/t11-/m0/s1. The summed E-state index contributed by atoms with van der Waals surface area (Å²) in [6.07, 6.45) is 1.89. The Balaban J connectivity index is 2.65. The van der Waals surface area contributed by atoms with Gasteiger partial charge in [-0.15, -0.1) is 5.10 Å². The molecular weight excluding hydrogens is 244 g/mol. The van der Waals surface area contributed by atoms with Gasteiger partial charge in [-0.05, 0) is 26.7 Å². The third kappa shape index (κ3) is 4.31. The first-order valence-electron chi connectivity index (χ1n) is 6.48. The minimum Gasteiger partial charge on any atom is -0.468 e. The van der Waals surface area contributed by atoms with Crippen LogP contribution in [0.3, 0.4) is 0 Å². The zero-order chi connectivity index (χ0) is 14.6. The molecule has 0 radical (unpaired) electrons. The smallest absolute Gasteiger partial charge is 0.323 e. The molecule has 0 unspecified atom stereocenters. The Morgan fingerprint density at radius 1 is 1.47 bits per heavy atom. The normalized spacial score (nSPS) is 13.6. The number of carbonyl (C=O) groups excluding carboxylic acids is 1. The van der Waals surface area contributed by atoms with Crippen LogP contribution in [0.1, 0.15) is 40.3 Å². The molecule has 0 aliphatic rings. The van der Waals surface area contributed by atoms with E-state index in [9.17, 15) is 4.79 Å². The van der Waals surface area contributed by atoms with E-state index in [2.05, 4.69) is 36.4 Å². The van der Waals surface area contributed by atoms with Gasteiger partial charge in [0.05, 0.1) is 24.5 Å². The highest BCUT2D eigenvalue weighted by Gasteiger charge is 2.23. The van der Waals surface area contributed by atoms with Gasteiger partial charge < -0.3 is 4.74 Å². The number of hydrogen-bond acceptors (Lipinski definition) is 5. The van der Waals surface area contributed by atoms with Crippen LogP contribution in [-0.4, -0.2) is 34.1 Å². The zero-order valence-electron chi connectivity index (χ0n) is 12.6. The van der Waals surface area contributed by atoms with E-state index in [0.717, 1.165) is 5.69 Å². The Morgan fingerprint density at radius 2 is 2.11 bits per heavy atom. The Labute approximate surface area is 114 Å². The molecule has 1 atom stereocenters. The predicted octanol–water partition coefficient (Wildman–Crippen LogP) is 1.32. The van der Waals surface area contributed by atoms with E-state index >= 15 is 0 Å². The highest BCUT2D eigenvalue weighted by Crippen LogP contribution is 2.12. The summed E-state index contributed by atoms with van der Waals surface area (Å²) in [5, 5.41) is 11.3. The molecule has 0 fully saturated rings.